The van der Waals surface area contributed by atoms with Crippen molar-refractivity contribution in [3.05, 3.63) is 23.2 Å². The highest BCUT2D eigenvalue weighted by Crippen LogP contribution is 2.33. The summed E-state index contributed by atoms with van der Waals surface area (Å²) in [6, 6.07) is 4.26. The lowest BCUT2D eigenvalue weighted by atomic mass is 9.96. The lowest BCUT2D eigenvalue weighted by Gasteiger charge is -2.34. The van der Waals surface area contributed by atoms with Gasteiger partial charge in [-0.2, -0.15) is 0 Å². The standard InChI is InChI=1S/C19H23ClN2O5/c1-3-27-19(25)12-5-4-8-21(11-12)15-10-17(23)22(18(15)24)13-6-7-16(26-2)14(20)9-13/h6-7,9,12,15H,3-5,8,10-11H2,1-2H3/t12-,15-/m1/s1. The smallest absolute Gasteiger partial charge is 0.310 e. The quantitative estimate of drug-likeness (QED) is 0.563. The van der Waals surface area contributed by atoms with E-state index >= 15 is 0 Å². The fourth-order valence-electron chi connectivity index (χ4n) is 3.71. The van der Waals surface area contributed by atoms with Gasteiger partial charge in [0.15, 0.2) is 0 Å². The van der Waals surface area contributed by atoms with Gasteiger partial charge in [0.25, 0.3) is 5.91 Å². The Morgan fingerprint density at radius 3 is 2.78 bits per heavy atom. The second-order valence-corrected chi connectivity index (χ2v) is 7.10. The topological polar surface area (TPSA) is 76.2 Å². The van der Waals surface area contributed by atoms with Gasteiger partial charge in [0.05, 0.1) is 42.8 Å². The molecule has 27 heavy (non-hydrogen) atoms. The van der Waals surface area contributed by atoms with E-state index in [0.29, 0.717) is 36.2 Å². The first-order valence-corrected chi connectivity index (χ1v) is 9.45. The molecule has 0 aromatic heterocycles. The number of carbonyl (C=O) groups is 3. The van der Waals surface area contributed by atoms with Gasteiger partial charge in [0.2, 0.25) is 5.91 Å². The van der Waals surface area contributed by atoms with Crippen LogP contribution in [0.1, 0.15) is 26.2 Å². The monoisotopic (exact) mass is 394 g/mol. The molecule has 2 heterocycles. The minimum Gasteiger partial charge on any atom is -0.495 e. The van der Waals surface area contributed by atoms with Crippen molar-refractivity contribution in [2.45, 2.75) is 32.2 Å². The number of anilines is 1. The Labute approximate surface area is 163 Å². The third-order valence-corrected chi connectivity index (χ3v) is 5.33. The number of rotatable bonds is 5. The summed E-state index contributed by atoms with van der Waals surface area (Å²) in [5.74, 6) is -0.580. The maximum Gasteiger partial charge on any atom is 0.310 e. The van der Waals surface area contributed by atoms with E-state index in [0.717, 1.165) is 12.8 Å². The molecule has 7 nitrogen and oxygen atoms in total. The largest absolute Gasteiger partial charge is 0.495 e. The van der Waals surface area contributed by atoms with Crippen LogP contribution in [0.3, 0.4) is 0 Å². The Balaban J connectivity index is 1.75. The van der Waals surface area contributed by atoms with E-state index in [9.17, 15) is 14.4 Å². The van der Waals surface area contributed by atoms with E-state index in [4.69, 9.17) is 21.1 Å². The molecule has 2 amide bonds. The molecule has 0 aliphatic carbocycles. The van der Waals surface area contributed by atoms with Crippen LogP contribution < -0.4 is 9.64 Å². The Hall–Kier alpha value is -2.12. The van der Waals surface area contributed by atoms with E-state index < -0.39 is 6.04 Å². The molecule has 2 aliphatic rings. The van der Waals surface area contributed by atoms with Gasteiger partial charge >= 0.3 is 5.97 Å². The van der Waals surface area contributed by atoms with Gasteiger partial charge in [0, 0.05) is 6.54 Å². The van der Waals surface area contributed by atoms with Crippen molar-refractivity contribution < 1.29 is 23.9 Å². The number of ether oxygens (including phenoxy) is 2. The first-order valence-electron chi connectivity index (χ1n) is 9.07. The number of amides is 2. The SMILES string of the molecule is CCOC(=O)[C@@H]1CCCN([C@@H]2CC(=O)N(c3ccc(OC)c(Cl)c3)C2=O)C1. The van der Waals surface area contributed by atoms with Gasteiger partial charge in [-0.3, -0.25) is 19.3 Å². The van der Waals surface area contributed by atoms with Crippen molar-refractivity contribution in [3.8, 4) is 5.75 Å². The maximum absolute atomic E-state index is 13.0. The number of carbonyl (C=O) groups excluding carboxylic acids is 3. The van der Waals surface area contributed by atoms with Crippen LogP contribution in [-0.4, -0.2) is 55.5 Å². The predicted octanol–water partition coefficient (Wildman–Crippen LogP) is 2.26. The molecule has 8 heteroatoms. The van der Waals surface area contributed by atoms with Crippen LogP contribution in [0.15, 0.2) is 18.2 Å². The molecule has 0 spiro atoms. The van der Waals surface area contributed by atoms with Gasteiger partial charge in [-0.15, -0.1) is 0 Å². The summed E-state index contributed by atoms with van der Waals surface area (Å²) in [6.45, 7) is 3.22. The molecule has 3 rings (SSSR count). The molecule has 1 aromatic carbocycles. The van der Waals surface area contributed by atoms with E-state index in [1.165, 1.54) is 12.0 Å². The Kier molecular flexibility index (Phi) is 6.01. The van der Waals surface area contributed by atoms with E-state index in [1.54, 1.807) is 25.1 Å². The van der Waals surface area contributed by atoms with Crippen LogP contribution in [0.25, 0.3) is 0 Å². The van der Waals surface area contributed by atoms with Crippen LogP contribution in [-0.2, 0) is 19.1 Å². The van der Waals surface area contributed by atoms with Crippen molar-refractivity contribution in [2.24, 2.45) is 5.92 Å². The maximum atomic E-state index is 13.0. The van der Waals surface area contributed by atoms with Crippen LogP contribution in [0.4, 0.5) is 5.69 Å². The summed E-state index contributed by atoms with van der Waals surface area (Å²) in [6.07, 6.45) is 1.62. The highest BCUT2D eigenvalue weighted by atomic mass is 35.5. The average molecular weight is 395 g/mol. The second kappa shape index (κ2) is 8.27. The normalized spacial score (nSPS) is 23.6. The molecule has 2 saturated heterocycles. The molecule has 0 saturated carbocycles. The van der Waals surface area contributed by atoms with Crippen LogP contribution in [0, 0.1) is 5.92 Å². The van der Waals surface area contributed by atoms with Gasteiger partial charge in [-0.1, -0.05) is 11.6 Å². The number of halogens is 1. The summed E-state index contributed by atoms with van der Waals surface area (Å²) in [7, 11) is 1.50. The predicted molar refractivity (Wildman–Crippen MR) is 99.8 cm³/mol. The van der Waals surface area contributed by atoms with E-state index in [-0.39, 0.29) is 30.1 Å². The number of piperidine rings is 1. The molecule has 0 N–H and O–H groups in total. The summed E-state index contributed by atoms with van der Waals surface area (Å²) in [5, 5.41) is 0.333. The molecule has 0 radical (unpaired) electrons. The van der Waals surface area contributed by atoms with Crippen molar-refractivity contribution >= 4 is 35.1 Å². The van der Waals surface area contributed by atoms with Gasteiger partial charge in [-0.05, 0) is 44.5 Å². The number of benzene rings is 1. The minimum absolute atomic E-state index is 0.0953. The van der Waals surface area contributed by atoms with Crippen molar-refractivity contribution in [1.29, 1.82) is 0 Å². The third kappa shape index (κ3) is 3.94. The number of methoxy groups -OCH3 is 1. The first-order chi connectivity index (χ1) is 13.0. The summed E-state index contributed by atoms with van der Waals surface area (Å²) >= 11 is 6.14. The van der Waals surface area contributed by atoms with Crippen molar-refractivity contribution in [2.75, 3.05) is 31.7 Å². The highest BCUT2D eigenvalue weighted by molar-refractivity contribution is 6.33. The lowest BCUT2D eigenvalue weighted by Crippen LogP contribution is -2.48. The Morgan fingerprint density at radius 1 is 1.33 bits per heavy atom. The van der Waals surface area contributed by atoms with Gasteiger partial charge in [-0.25, -0.2) is 4.90 Å². The fraction of sp³-hybridized carbons (Fsp3) is 0.526. The number of hydrogen-bond acceptors (Lipinski definition) is 6. The third-order valence-electron chi connectivity index (χ3n) is 5.03. The number of esters is 1. The van der Waals surface area contributed by atoms with Crippen molar-refractivity contribution in [1.82, 2.24) is 4.90 Å². The number of hydrogen-bond donors (Lipinski definition) is 0. The highest BCUT2D eigenvalue weighted by Gasteiger charge is 2.44. The average Bonchev–Trinajstić information content (AvgIpc) is 2.96. The van der Waals surface area contributed by atoms with Gasteiger partial charge in [0.1, 0.15) is 5.75 Å². The number of imide groups is 1. The van der Waals surface area contributed by atoms with Crippen LogP contribution in [0.2, 0.25) is 5.02 Å². The van der Waals surface area contributed by atoms with E-state index in [1.807, 2.05) is 4.90 Å². The van der Waals surface area contributed by atoms with Crippen LogP contribution >= 0.6 is 11.6 Å². The molecule has 1 aromatic rings. The Bertz CT molecular complexity index is 754. The lowest BCUT2D eigenvalue weighted by molar-refractivity contribution is -0.150. The molecular formula is C19H23ClN2O5. The zero-order valence-corrected chi connectivity index (χ0v) is 16.2. The molecular weight excluding hydrogens is 372 g/mol. The second-order valence-electron chi connectivity index (χ2n) is 6.69. The molecule has 0 bridgehead atoms. The first kappa shape index (κ1) is 19.6. The Morgan fingerprint density at radius 2 is 2.11 bits per heavy atom. The zero-order valence-electron chi connectivity index (χ0n) is 15.4. The fourth-order valence-corrected chi connectivity index (χ4v) is 3.96. The summed E-state index contributed by atoms with van der Waals surface area (Å²) in [5.41, 5.74) is 0.428. The molecule has 2 fully saturated rings. The van der Waals surface area contributed by atoms with Crippen molar-refractivity contribution in [3.63, 3.8) is 0 Å². The number of nitrogens with zero attached hydrogens (tertiary/aromatic N) is 2. The molecule has 146 valence electrons. The molecule has 0 unspecified atom stereocenters. The minimum atomic E-state index is -0.560. The molecule has 2 atom stereocenters. The zero-order chi connectivity index (χ0) is 19.6. The van der Waals surface area contributed by atoms with Crippen LogP contribution in [0.5, 0.6) is 5.75 Å². The van der Waals surface area contributed by atoms with E-state index in [2.05, 4.69) is 0 Å². The summed E-state index contributed by atoms with van der Waals surface area (Å²) < 4.78 is 10.2. The summed E-state index contributed by atoms with van der Waals surface area (Å²) in [4.78, 5) is 40.6. The van der Waals surface area contributed by atoms with Gasteiger partial charge < -0.3 is 9.47 Å². The molecule has 2 aliphatic heterocycles. The number of likely N-dealkylation sites (tertiary alicyclic amines) is 1.